The number of hydrogen-bond acceptors (Lipinski definition) is 6. The van der Waals surface area contributed by atoms with Gasteiger partial charge >= 0.3 is 5.97 Å². The number of amides is 2. The van der Waals surface area contributed by atoms with Crippen LogP contribution < -0.4 is 9.64 Å². The Hall–Kier alpha value is -3.74. The third-order valence-electron chi connectivity index (χ3n) is 5.57. The third kappa shape index (κ3) is 3.99. The Kier molecular flexibility index (Phi) is 5.66. The minimum Gasteiger partial charge on any atom is -0.497 e. The number of fused-ring (bicyclic) bond motifs is 1. The predicted octanol–water partition coefficient (Wildman–Crippen LogP) is 3.19. The highest BCUT2D eigenvalue weighted by molar-refractivity contribution is 6.22. The van der Waals surface area contributed by atoms with E-state index in [0.717, 1.165) is 4.90 Å². The predicted molar refractivity (Wildman–Crippen MR) is 112 cm³/mol. The zero-order valence-corrected chi connectivity index (χ0v) is 16.9. The van der Waals surface area contributed by atoms with E-state index in [1.54, 1.807) is 36.4 Å². The van der Waals surface area contributed by atoms with Crippen molar-refractivity contribution in [3.8, 4) is 5.75 Å². The Morgan fingerprint density at radius 1 is 0.935 bits per heavy atom. The summed E-state index contributed by atoms with van der Waals surface area (Å²) in [6.07, 6.45) is 4.92. The standard InChI is InChI=1S/C24H21NO6/c1-30-18-9-5-6-15(13-18)21(26)14-31-24(29)16-7-4-8-17(12-16)25-22(27)19-10-2-3-11-20(19)23(25)28/h2-9,12-13,19-20H,10-11,14H2,1H3. The molecule has 0 aromatic heterocycles. The molecule has 31 heavy (non-hydrogen) atoms. The van der Waals surface area contributed by atoms with Crippen molar-refractivity contribution >= 4 is 29.3 Å². The van der Waals surface area contributed by atoms with Gasteiger partial charge in [0.25, 0.3) is 0 Å². The molecule has 0 spiro atoms. The van der Waals surface area contributed by atoms with Crippen LogP contribution in [0, 0.1) is 11.8 Å². The second kappa shape index (κ2) is 8.55. The summed E-state index contributed by atoms with van der Waals surface area (Å²) in [5.74, 6) is -1.76. The maximum atomic E-state index is 12.8. The highest BCUT2D eigenvalue weighted by Gasteiger charge is 2.47. The van der Waals surface area contributed by atoms with E-state index in [4.69, 9.17) is 9.47 Å². The van der Waals surface area contributed by atoms with Gasteiger partial charge in [0.15, 0.2) is 12.4 Å². The van der Waals surface area contributed by atoms with Crippen LogP contribution in [-0.4, -0.2) is 37.3 Å². The maximum Gasteiger partial charge on any atom is 0.338 e. The van der Waals surface area contributed by atoms with Gasteiger partial charge in [0.1, 0.15) is 5.75 Å². The number of anilines is 1. The number of benzene rings is 2. The van der Waals surface area contributed by atoms with Crippen LogP contribution in [0.25, 0.3) is 0 Å². The highest BCUT2D eigenvalue weighted by atomic mass is 16.5. The summed E-state index contributed by atoms with van der Waals surface area (Å²) < 4.78 is 10.2. The molecule has 7 nitrogen and oxygen atoms in total. The van der Waals surface area contributed by atoms with Gasteiger partial charge in [-0.1, -0.05) is 30.4 Å². The average molecular weight is 419 g/mol. The van der Waals surface area contributed by atoms with Crippen molar-refractivity contribution in [3.05, 3.63) is 71.8 Å². The molecular formula is C24H21NO6. The van der Waals surface area contributed by atoms with E-state index in [-0.39, 0.29) is 35.0 Å². The van der Waals surface area contributed by atoms with Crippen LogP contribution in [0.5, 0.6) is 5.75 Å². The molecule has 1 heterocycles. The van der Waals surface area contributed by atoms with Gasteiger partial charge in [0, 0.05) is 5.56 Å². The second-order valence-electron chi connectivity index (χ2n) is 7.45. The smallest absolute Gasteiger partial charge is 0.338 e. The Labute approximate surface area is 179 Å². The summed E-state index contributed by atoms with van der Waals surface area (Å²) in [5.41, 5.74) is 0.855. The zero-order chi connectivity index (χ0) is 22.0. The van der Waals surface area contributed by atoms with Crippen molar-refractivity contribution in [1.82, 2.24) is 0 Å². The molecule has 2 atom stereocenters. The molecule has 2 aliphatic rings. The first-order valence-corrected chi connectivity index (χ1v) is 9.97. The lowest BCUT2D eigenvalue weighted by Gasteiger charge is -2.15. The van der Waals surface area contributed by atoms with Gasteiger partial charge in [0.05, 0.1) is 30.2 Å². The molecule has 0 bridgehead atoms. The molecule has 4 rings (SSSR count). The number of carbonyl (C=O) groups is 4. The van der Waals surface area contributed by atoms with E-state index in [1.807, 2.05) is 12.2 Å². The normalized spacial score (nSPS) is 19.8. The molecule has 1 fully saturated rings. The van der Waals surface area contributed by atoms with E-state index in [0.29, 0.717) is 29.8 Å². The molecule has 0 radical (unpaired) electrons. The largest absolute Gasteiger partial charge is 0.497 e. The lowest BCUT2D eigenvalue weighted by molar-refractivity contribution is -0.122. The van der Waals surface area contributed by atoms with Crippen molar-refractivity contribution in [3.63, 3.8) is 0 Å². The van der Waals surface area contributed by atoms with Gasteiger partial charge in [-0.3, -0.25) is 19.3 Å². The zero-order valence-electron chi connectivity index (χ0n) is 16.9. The number of hydrogen-bond donors (Lipinski definition) is 0. The molecule has 158 valence electrons. The average Bonchev–Trinajstić information content (AvgIpc) is 3.07. The number of imide groups is 1. The van der Waals surface area contributed by atoms with Crippen LogP contribution in [0.1, 0.15) is 33.6 Å². The molecule has 2 aromatic rings. The molecule has 2 aromatic carbocycles. The number of ketones is 1. The number of nitrogens with zero attached hydrogens (tertiary/aromatic N) is 1. The first-order chi connectivity index (χ1) is 15.0. The van der Waals surface area contributed by atoms with E-state index in [9.17, 15) is 19.2 Å². The van der Waals surface area contributed by atoms with Gasteiger partial charge in [-0.05, 0) is 43.2 Å². The van der Waals surface area contributed by atoms with Gasteiger partial charge in [-0.25, -0.2) is 4.79 Å². The second-order valence-corrected chi connectivity index (χ2v) is 7.45. The number of esters is 1. The van der Waals surface area contributed by atoms with E-state index >= 15 is 0 Å². The number of allylic oxidation sites excluding steroid dienone is 2. The Morgan fingerprint density at radius 3 is 2.26 bits per heavy atom. The lowest BCUT2D eigenvalue weighted by Crippen LogP contribution is -2.31. The summed E-state index contributed by atoms with van der Waals surface area (Å²) in [4.78, 5) is 51.5. The van der Waals surface area contributed by atoms with Crippen molar-refractivity contribution in [2.24, 2.45) is 11.8 Å². The fourth-order valence-corrected chi connectivity index (χ4v) is 3.92. The summed E-state index contributed by atoms with van der Waals surface area (Å²) in [6.45, 7) is -0.437. The van der Waals surface area contributed by atoms with E-state index in [2.05, 4.69) is 0 Å². The Balaban J connectivity index is 1.45. The molecule has 2 amide bonds. The van der Waals surface area contributed by atoms with Crippen LogP contribution in [0.4, 0.5) is 5.69 Å². The SMILES string of the molecule is COc1cccc(C(=O)COC(=O)c2cccc(N3C(=O)C4CC=CCC4C3=O)c2)c1. The van der Waals surface area contributed by atoms with Gasteiger partial charge in [-0.2, -0.15) is 0 Å². The van der Waals surface area contributed by atoms with Crippen LogP contribution in [0.2, 0.25) is 0 Å². The van der Waals surface area contributed by atoms with Crippen LogP contribution in [0.15, 0.2) is 60.7 Å². The van der Waals surface area contributed by atoms with Crippen LogP contribution >= 0.6 is 0 Å². The van der Waals surface area contributed by atoms with Gasteiger partial charge in [0.2, 0.25) is 11.8 Å². The van der Waals surface area contributed by atoms with Crippen LogP contribution in [0.3, 0.4) is 0 Å². The quantitative estimate of drug-likeness (QED) is 0.309. The minimum absolute atomic E-state index is 0.157. The lowest BCUT2D eigenvalue weighted by atomic mass is 9.85. The number of ether oxygens (including phenoxy) is 2. The molecule has 1 aliphatic carbocycles. The molecule has 0 N–H and O–H groups in total. The monoisotopic (exact) mass is 419 g/mol. The molecule has 1 aliphatic heterocycles. The molecular weight excluding hydrogens is 398 g/mol. The Morgan fingerprint density at radius 2 is 1.58 bits per heavy atom. The van der Waals surface area contributed by atoms with Crippen LogP contribution in [-0.2, 0) is 14.3 Å². The first-order valence-electron chi connectivity index (χ1n) is 9.97. The van der Waals surface area contributed by atoms with Crippen molar-refractivity contribution in [2.75, 3.05) is 18.6 Å². The van der Waals surface area contributed by atoms with Crippen molar-refractivity contribution < 1.29 is 28.7 Å². The first kappa shape index (κ1) is 20.5. The number of methoxy groups -OCH3 is 1. The fraction of sp³-hybridized carbons (Fsp3) is 0.250. The van der Waals surface area contributed by atoms with E-state index in [1.165, 1.54) is 19.2 Å². The molecule has 7 heteroatoms. The van der Waals surface area contributed by atoms with Gasteiger partial charge < -0.3 is 9.47 Å². The minimum atomic E-state index is -0.712. The third-order valence-corrected chi connectivity index (χ3v) is 5.57. The molecule has 1 saturated heterocycles. The van der Waals surface area contributed by atoms with Crippen molar-refractivity contribution in [1.29, 1.82) is 0 Å². The number of carbonyl (C=O) groups excluding carboxylic acids is 4. The summed E-state index contributed by atoms with van der Waals surface area (Å²) >= 11 is 0. The highest BCUT2D eigenvalue weighted by Crippen LogP contribution is 2.37. The van der Waals surface area contributed by atoms with E-state index < -0.39 is 12.6 Å². The van der Waals surface area contributed by atoms with Gasteiger partial charge in [-0.15, -0.1) is 0 Å². The number of Topliss-reactive ketones (excluding diaryl/α,β-unsaturated/α-hetero) is 1. The van der Waals surface area contributed by atoms with Crippen molar-refractivity contribution in [2.45, 2.75) is 12.8 Å². The molecule has 0 saturated carbocycles. The summed E-state index contributed by atoms with van der Waals surface area (Å²) in [6, 6.07) is 12.7. The fourth-order valence-electron chi connectivity index (χ4n) is 3.92. The summed E-state index contributed by atoms with van der Waals surface area (Å²) in [5, 5.41) is 0. The summed E-state index contributed by atoms with van der Waals surface area (Å²) in [7, 11) is 1.50. The maximum absolute atomic E-state index is 12.8. The topological polar surface area (TPSA) is 90.0 Å². The molecule has 2 unspecified atom stereocenters. The number of rotatable bonds is 6. The Bertz CT molecular complexity index is 1060.